The van der Waals surface area contributed by atoms with Gasteiger partial charge in [0.15, 0.2) is 6.61 Å². The van der Waals surface area contributed by atoms with Gasteiger partial charge < -0.3 is 15.0 Å². The zero-order chi connectivity index (χ0) is 20.8. The molecule has 1 aliphatic rings. The number of benzene rings is 2. The molecule has 0 bridgehead atoms. The number of carbonyl (C=O) groups is 3. The van der Waals surface area contributed by atoms with Crippen molar-refractivity contribution < 1.29 is 19.1 Å². The summed E-state index contributed by atoms with van der Waals surface area (Å²) in [6, 6.07) is 18.9. The van der Waals surface area contributed by atoms with Crippen molar-refractivity contribution in [3.63, 3.8) is 0 Å². The molecule has 152 valence electrons. The second-order valence-electron chi connectivity index (χ2n) is 7.34. The van der Waals surface area contributed by atoms with Crippen LogP contribution in [0, 0.1) is 5.92 Å². The number of carbonyl (C=O) groups excluding carboxylic acids is 3. The fourth-order valence-electron chi connectivity index (χ4n) is 3.54. The van der Waals surface area contributed by atoms with E-state index in [4.69, 9.17) is 4.74 Å². The normalized spacial score (nSPS) is 18.2. The molecule has 0 radical (unpaired) electrons. The first-order chi connectivity index (χ1) is 14.0. The van der Waals surface area contributed by atoms with Gasteiger partial charge in [-0.05, 0) is 25.0 Å². The van der Waals surface area contributed by atoms with Crippen LogP contribution < -0.4 is 5.32 Å². The van der Waals surface area contributed by atoms with Gasteiger partial charge in [-0.25, -0.2) is 0 Å². The van der Waals surface area contributed by atoms with Crippen LogP contribution in [0.2, 0.25) is 0 Å². The summed E-state index contributed by atoms with van der Waals surface area (Å²) in [6.07, 6.45) is 0.109. The van der Waals surface area contributed by atoms with Crippen molar-refractivity contribution in [2.24, 2.45) is 5.92 Å². The molecule has 0 spiro atoms. The monoisotopic (exact) mass is 394 g/mol. The molecule has 6 nitrogen and oxygen atoms in total. The van der Waals surface area contributed by atoms with Gasteiger partial charge in [0.1, 0.15) is 0 Å². The number of esters is 1. The molecule has 1 saturated heterocycles. The minimum Gasteiger partial charge on any atom is -0.455 e. The van der Waals surface area contributed by atoms with Crippen molar-refractivity contribution >= 4 is 17.8 Å². The Morgan fingerprint density at radius 1 is 1.03 bits per heavy atom. The highest BCUT2D eigenvalue weighted by Crippen LogP contribution is 2.29. The number of hydrogen-bond acceptors (Lipinski definition) is 4. The van der Waals surface area contributed by atoms with Crippen molar-refractivity contribution in [2.45, 2.75) is 32.4 Å². The Labute approximate surface area is 170 Å². The minimum absolute atomic E-state index is 0.0783. The maximum atomic E-state index is 12.4. The van der Waals surface area contributed by atoms with Crippen LogP contribution >= 0.6 is 0 Å². The van der Waals surface area contributed by atoms with E-state index in [2.05, 4.69) is 5.32 Å². The van der Waals surface area contributed by atoms with Crippen molar-refractivity contribution in [3.05, 3.63) is 71.8 Å². The highest BCUT2D eigenvalue weighted by molar-refractivity contribution is 5.88. The van der Waals surface area contributed by atoms with E-state index < -0.39 is 11.9 Å². The molecule has 6 heteroatoms. The van der Waals surface area contributed by atoms with E-state index in [1.54, 1.807) is 4.90 Å². The van der Waals surface area contributed by atoms with E-state index in [1.165, 1.54) is 0 Å². The Hall–Kier alpha value is -3.15. The summed E-state index contributed by atoms with van der Waals surface area (Å²) in [7, 11) is 0. The number of likely N-dealkylation sites (tertiary alicyclic amines) is 1. The lowest BCUT2D eigenvalue weighted by atomic mass is 10.1. The maximum Gasteiger partial charge on any atom is 0.311 e. The predicted octanol–water partition coefficient (Wildman–Crippen LogP) is 3.02. The number of hydrogen-bond donors (Lipinski definition) is 1. The van der Waals surface area contributed by atoms with Crippen LogP contribution in [0.5, 0.6) is 0 Å². The summed E-state index contributed by atoms with van der Waals surface area (Å²) >= 11 is 0. The summed E-state index contributed by atoms with van der Waals surface area (Å²) in [5.41, 5.74) is 1.99. The van der Waals surface area contributed by atoms with Crippen LogP contribution in [0.3, 0.4) is 0 Å². The van der Waals surface area contributed by atoms with Gasteiger partial charge in [-0.3, -0.25) is 14.4 Å². The van der Waals surface area contributed by atoms with Crippen LogP contribution in [-0.4, -0.2) is 35.8 Å². The summed E-state index contributed by atoms with van der Waals surface area (Å²) in [4.78, 5) is 38.6. The molecular formula is C23H26N2O4. The van der Waals surface area contributed by atoms with Gasteiger partial charge >= 0.3 is 5.97 Å². The van der Waals surface area contributed by atoms with Gasteiger partial charge in [0.05, 0.1) is 18.0 Å². The quantitative estimate of drug-likeness (QED) is 0.733. The molecule has 1 fully saturated rings. The topological polar surface area (TPSA) is 75.7 Å². The first-order valence-electron chi connectivity index (χ1n) is 9.81. The number of amides is 2. The van der Waals surface area contributed by atoms with Crippen LogP contribution in [0.15, 0.2) is 60.7 Å². The van der Waals surface area contributed by atoms with E-state index >= 15 is 0 Å². The number of ether oxygens (including phenoxy) is 1. The van der Waals surface area contributed by atoms with Crippen LogP contribution in [-0.2, 0) is 19.1 Å². The molecule has 0 saturated carbocycles. The minimum atomic E-state index is -0.548. The van der Waals surface area contributed by atoms with Crippen molar-refractivity contribution in [1.29, 1.82) is 0 Å². The molecule has 0 aromatic heterocycles. The van der Waals surface area contributed by atoms with Crippen LogP contribution in [0.1, 0.15) is 43.5 Å². The Bertz CT molecular complexity index is 854. The van der Waals surface area contributed by atoms with Crippen molar-refractivity contribution in [2.75, 3.05) is 13.2 Å². The zero-order valence-electron chi connectivity index (χ0n) is 16.7. The van der Waals surface area contributed by atoms with Gasteiger partial charge in [0.25, 0.3) is 5.91 Å². The van der Waals surface area contributed by atoms with Crippen molar-refractivity contribution in [3.8, 4) is 0 Å². The first kappa shape index (κ1) is 20.6. The standard InChI is InChI=1S/C23H26N2O4/c1-16(18-9-5-3-6-10-18)24-21(26)15-29-23(28)20-13-22(27)25(14-20)17(2)19-11-7-4-8-12-19/h3-12,16-17,20H,13-15H2,1-2H3,(H,24,26)/t16-,17-,20-/m0/s1. The lowest BCUT2D eigenvalue weighted by molar-refractivity contribution is -0.152. The lowest BCUT2D eigenvalue weighted by Crippen LogP contribution is -2.33. The first-order valence-corrected chi connectivity index (χ1v) is 9.81. The Balaban J connectivity index is 1.48. The van der Waals surface area contributed by atoms with Crippen LogP contribution in [0.25, 0.3) is 0 Å². The van der Waals surface area contributed by atoms with Gasteiger partial charge in [-0.2, -0.15) is 0 Å². The maximum absolute atomic E-state index is 12.4. The van der Waals surface area contributed by atoms with Gasteiger partial charge in [-0.1, -0.05) is 60.7 Å². The van der Waals surface area contributed by atoms with Crippen molar-refractivity contribution in [1.82, 2.24) is 10.2 Å². The molecule has 29 heavy (non-hydrogen) atoms. The average molecular weight is 394 g/mol. The molecule has 2 aromatic rings. The molecule has 1 N–H and O–H groups in total. The Morgan fingerprint density at radius 3 is 2.24 bits per heavy atom. The molecule has 2 amide bonds. The number of nitrogens with one attached hydrogen (secondary N) is 1. The highest BCUT2D eigenvalue weighted by atomic mass is 16.5. The highest BCUT2D eigenvalue weighted by Gasteiger charge is 2.38. The van der Waals surface area contributed by atoms with Crippen LogP contribution in [0.4, 0.5) is 0 Å². The average Bonchev–Trinajstić information content (AvgIpc) is 3.14. The Morgan fingerprint density at radius 2 is 1.62 bits per heavy atom. The summed E-state index contributed by atoms with van der Waals surface area (Å²) in [5, 5.41) is 2.81. The second-order valence-corrected chi connectivity index (χ2v) is 7.34. The largest absolute Gasteiger partial charge is 0.455 e. The second kappa shape index (κ2) is 9.37. The third kappa shape index (κ3) is 5.22. The van der Waals surface area contributed by atoms with E-state index in [1.807, 2.05) is 74.5 Å². The molecule has 3 atom stereocenters. The van der Waals surface area contributed by atoms with Gasteiger partial charge in [-0.15, -0.1) is 0 Å². The fourth-order valence-corrected chi connectivity index (χ4v) is 3.54. The Kier molecular flexibility index (Phi) is 6.65. The van der Waals surface area contributed by atoms with E-state index in [9.17, 15) is 14.4 Å². The summed E-state index contributed by atoms with van der Waals surface area (Å²) in [5.74, 6) is -1.50. The molecular weight excluding hydrogens is 368 g/mol. The molecule has 0 unspecified atom stereocenters. The molecule has 1 aliphatic heterocycles. The predicted molar refractivity (Wildman–Crippen MR) is 109 cm³/mol. The zero-order valence-corrected chi connectivity index (χ0v) is 16.7. The molecule has 2 aromatic carbocycles. The molecule has 1 heterocycles. The molecule has 3 rings (SSSR count). The van der Waals surface area contributed by atoms with Gasteiger partial charge in [0, 0.05) is 13.0 Å². The molecule has 0 aliphatic carbocycles. The third-order valence-electron chi connectivity index (χ3n) is 5.26. The number of nitrogens with zero attached hydrogens (tertiary/aromatic N) is 1. The summed E-state index contributed by atoms with van der Waals surface area (Å²) < 4.78 is 5.18. The SMILES string of the molecule is C[C@H](NC(=O)COC(=O)[C@H]1CC(=O)N([C@@H](C)c2ccccc2)C1)c1ccccc1. The smallest absolute Gasteiger partial charge is 0.311 e. The number of rotatable bonds is 7. The summed E-state index contributed by atoms with van der Waals surface area (Å²) in [6.45, 7) is 3.76. The third-order valence-corrected chi connectivity index (χ3v) is 5.26. The van der Waals surface area contributed by atoms with E-state index in [-0.39, 0.29) is 36.9 Å². The van der Waals surface area contributed by atoms with E-state index in [0.717, 1.165) is 11.1 Å². The fraction of sp³-hybridized carbons (Fsp3) is 0.348. The van der Waals surface area contributed by atoms with E-state index in [0.29, 0.717) is 6.54 Å². The lowest BCUT2D eigenvalue weighted by Gasteiger charge is -2.25. The van der Waals surface area contributed by atoms with Gasteiger partial charge in [0.2, 0.25) is 5.91 Å².